The van der Waals surface area contributed by atoms with Crippen LogP contribution in [0.2, 0.25) is 0 Å². The molecule has 0 spiro atoms. The van der Waals surface area contributed by atoms with E-state index in [4.69, 9.17) is 0 Å². The van der Waals surface area contributed by atoms with Gasteiger partial charge in [-0.2, -0.15) is 0 Å². The van der Waals surface area contributed by atoms with Crippen molar-refractivity contribution in [3.63, 3.8) is 0 Å². The van der Waals surface area contributed by atoms with Gasteiger partial charge in [-0.1, -0.05) is 30.3 Å². The lowest BCUT2D eigenvalue weighted by Gasteiger charge is -2.37. The van der Waals surface area contributed by atoms with Crippen LogP contribution in [-0.4, -0.2) is 46.5 Å². The topological polar surface area (TPSA) is 58.4 Å². The Morgan fingerprint density at radius 3 is 2.37 bits per heavy atom. The minimum absolute atomic E-state index is 0.0399. The lowest BCUT2D eigenvalue weighted by Crippen LogP contribution is -2.51. The van der Waals surface area contributed by atoms with Gasteiger partial charge in [0.2, 0.25) is 5.91 Å². The third kappa shape index (κ3) is 3.30. The molecular formula is C21H22N4O2. The summed E-state index contributed by atoms with van der Waals surface area (Å²) in [7, 11) is 0. The fourth-order valence-electron chi connectivity index (χ4n) is 3.57. The van der Waals surface area contributed by atoms with E-state index in [1.807, 2.05) is 35.2 Å². The number of piperazine rings is 1. The second kappa shape index (κ2) is 7.23. The van der Waals surface area contributed by atoms with Gasteiger partial charge in [0.25, 0.3) is 5.56 Å². The molecule has 1 aromatic heterocycles. The number of para-hydroxylation sites is 2. The number of carbonyl (C=O) groups excluding carboxylic acids is 1. The molecule has 6 nitrogen and oxygen atoms in total. The summed E-state index contributed by atoms with van der Waals surface area (Å²) in [5.74, 6) is -0.0399. The Morgan fingerprint density at radius 1 is 0.963 bits per heavy atom. The molecule has 27 heavy (non-hydrogen) atoms. The Labute approximate surface area is 157 Å². The summed E-state index contributed by atoms with van der Waals surface area (Å²) in [6.45, 7) is 4.63. The molecule has 0 bridgehead atoms. The van der Waals surface area contributed by atoms with Crippen LogP contribution < -0.4 is 10.5 Å². The van der Waals surface area contributed by atoms with Gasteiger partial charge in [0.1, 0.15) is 6.04 Å². The number of anilines is 1. The predicted molar refractivity (Wildman–Crippen MR) is 106 cm³/mol. The first kappa shape index (κ1) is 17.3. The van der Waals surface area contributed by atoms with Gasteiger partial charge < -0.3 is 9.80 Å². The number of benzene rings is 2. The molecule has 1 atom stereocenters. The van der Waals surface area contributed by atoms with Gasteiger partial charge in [-0.15, -0.1) is 0 Å². The molecule has 1 fully saturated rings. The number of hydrogen-bond donors (Lipinski definition) is 0. The van der Waals surface area contributed by atoms with E-state index < -0.39 is 6.04 Å². The monoisotopic (exact) mass is 362 g/mol. The van der Waals surface area contributed by atoms with E-state index in [1.165, 1.54) is 16.6 Å². The van der Waals surface area contributed by atoms with E-state index >= 15 is 0 Å². The molecule has 4 rings (SSSR count). The molecule has 2 aromatic carbocycles. The smallest absolute Gasteiger partial charge is 0.261 e. The van der Waals surface area contributed by atoms with Gasteiger partial charge in [0, 0.05) is 31.9 Å². The highest BCUT2D eigenvalue weighted by atomic mass is 16.2. The quantitative estimate of drug-likeness (QED) is 0.717. The van der Waals surface area contributed by atoms with E-state index in [1.54, 1.807) is 19.1 Å². The maximum Gasteiger partial charge on any atom is 0.261 e. The minimum atomic E-state index is -0.571. The first-order valence-electron chi connectivity index (χ1n) is 9.20. The number of hydrogen-bond acceptors (Lipinski definition) is 4. The van der Waals surface area contributed by atoms with Gasteiger partial charge in [-0.25, -0.2) is 4.98 Å². The zero-order chi connectivity index (χ0) is 18.8. The predicted octanol–water partition coefficient (Wildman–Crippen LogP) is 2.31. The standard InChI is InChI=1S/C21H22N4O2/c1-16(25-15-22-19-10-6-5-9-18(19)21(25)27)20(26)24-13-11-23(12-14-24)17-7-3-2-4-8-17/h2-10,15-16H,11-14H2,1H3/t16-/m1/s1. The Bertz CT molecular complexity index is 1010. The number of amides is 1. The van der Waals surface area contributed by atoms with Gasteiger partial charge in [-0.05, 0) is 31.2 Å². The van der Waals surface area contributed by atoms with Crippen LogP contribution in [0.1, 0.15) is 13.0 Å². The third-order valence-corrected chi connectivity index (χ3v) is 5.18. The second-order valence-corrected chi connectivity index (χ2v) is 6.80. The summed E-state index contributed by atoms with van der Waals surface area (Å²) in [6.07, 6.45) is 1.48. The maximum absolute atomic E-state index is 12.9. The molecule has 138 valence electrons. The Kier molecular flexibility index (Phi) is 4.62. The number of fused-ring (bicyclic) bond motifs is 1. The summed E-state index contributed by atoms with van der Waals surface area (Å²) in [6, 6.07) is 16.8. The Morgan fingerprint density at radius 2 is 1.63 bits per heavy atom. The molecular weight excluding hydrogens is 340 g/mol. The van der Waals surface area contributed by atoms with Crippen molar-refractivity contribution in [1.29, 1.82) is 0 Å². The van der Waals surface area contributed by atoms with Crippen LogP contribution >= 0.6 is 0 Å². The summed E-state index contributed by atoms with van der Waals surface area (Å²) in [5, 5.41) is 0.536. The van der Waals surface area contributed by atoms with E-state index in [0.717, 1.165) is 13.1 Å². The average molecular weight is 362 g/mol. The van der Waals surface area contributed by atoms with Crippen LogP contribution in [0, 0.1) is 0 Å². The van der Waals surface area contributed by atoms with Crippen LogP contribution in [0.25, 0.3) is 10.9 Å². The highest BCUT2D eigenvalue weighted by molar-refractivity contribution is 5.81. The average Bonchev–Trinajstić information content (AvgIpc) is 2.74. The highest BCUT2D eigenvalue weighted by Crippen LogP contribution is 2.18. The molecule has 0 unspecified atom stereocenters. The number of aromatic nitrogens is 2. The summed E-state index contributed by atoms with van der Waals surface area (Å²) >= 11 is 0. The first-order valence-corrected chi connectivity index (χ1v) is 9.20. The van der Waals surface area contributed by atoms with Crippen molar-refractivity contribution in [2.75, 3.05) is 31.1 Å². The molecule has 1 saturated heterocycles. The first-order chi connectivity index (χ1) is 13.1. The van der Waals surface area contributed by atoms with Gasteiger partial charge >= 0.3 is 0 Å². The molecule has 3 aromatic rings. The van der Waals surface area contributed by atoms with Crippen molar-refractivity contribution in [1.82, 2.24) is 14.5 Å². The fourth-order valence-corrected chi connectivity index (χ4v) is 3.57. The van der Waals surface area contributed by atoms with Gasteiger partial charge in [-0.3, -0.25) is 14.2 Å². The lowest BCUT2D eigenvalue weighted by molar-refractivity contribution is -0.134. The van der Waals surface area contributed by atoms with E-state index in [-0.39, 0.29) is 11.5 Å². The largest absolute Gasteiger partial charge is 0.368 e. The number of carbonyl (C=O) groups is 1. The number of nitrogens with zero attached hydrogens (tertiary/aromatic N) is 4. The van der Waals surface area contributed by atoms with Crippen molar-refractivity contribution in [3.05, 3.63) is 71.3 Å². The van der Waals surface area contributed by atoms with Crippen molar-refractivity contribution >= 4 is 22.5 Å². The molecule has 6 heteroatoms. The number of rotatable bonds is 3. The SMILES string of the molecule is C[C@H](C(=O)N1CCN(c2ccccc2)CC1)n1cnc2ccccc2c1=O. The molecule has 0 aliphatic carbocycles. The molecule has 1 amide bonds. The Hall–Kier alpha value is -3.15. The van der Waals surface area contributed by atoms with Gasteiger partial charge in [0.15, 0.2) is 0 Å². The maximum atomic E-state index is 12.9. The molecule has 2 heterocycles. The minimum Gasteiger partial charge on any atom is -0.368 e. The van der Waals surface area contributed by atoms with E-state index in [9.17, 15) is 9.59 Å². The van der Waals surface area contributed by atoms with Crippen molar-refractivity contribution in [2.45, 2.75) is 13.0 Å². The van der Waals surface area contributed by atoms with Crippen LogP contribution in [0.15, 0.2) is 65.7 Å². The third-order valence-electron chi connectivity index (χ3n) is 5.18. The van der Waals surface area contributed by atoms with E-state index in [2.05, 4.69) is 22.0 Å². The van der Waals surface area contributed by atoms with Crippen LogP contribution in [0.3, 0.4) is 0 Å². The normalized spacial score (nSPS) is 15.7. The summed E-state index contributed by atoms with van der Waals surface area (Å²) in [4.78, 5) is 34.1. The fraction of sp³-hybridized carbons (Fsp3) is 0.286. The van der Waals surface area contributed by atoms with Crippen LogP contribution in [0.5, 0.6) is 0 Å². The van der Waals surface area contributed by atoms with Crippen LogP contribution in [-0.2, 0) is 4.79 Å². The molecule has 0 radical (unpaired) electrons. The van der Waals surface area contributed by atoms with Crippen LogP contribution in [0.4, 0.5) is 5.69 Å². The highest BCUT2D eigenvalue weighted by Gasteiger charge is 2.26. The molecule has 1 aliphatic heterocycles. The zero-order valence-corrected chi connectivity index (χ0v) is 15.3. The van der Waals surface area contributed by atoms with Gasteiger partial charge in [0.05, 0.1) is 17.2 Å². The summed E-state index contributed by atoms with van der Waals surface area (Å²) in [5.41, 5.74) is 1.65. The van der Waals surface area contributed by atoms with E-state index in [0.29, 0.717) is 24.0 Å². The second-order valence-electron chi connectivity index (χ2n) is 6.80. The summed E-state index contributed by atoms with van der Waals surface area (Å²) < 4.78 is 1.44. The van der Waals surface area contributed by atoms with Crippen molar-refractivity contribution < 1.29 is 4.79 Å². The molecule has 1 aliphatic rings. The molecule has 0 saturated carbocycles. The lowest BCUT2D eigenvalue weighted by atomic mass is 10.2. The zero-order valence-electron chi connectivity index (χ0n) is 15.3. The molecule has 0 N–H and O–H groups in total. The van der Waals surface area contributed by atoms with Crippen molar-refractivity contribution in [2.24, 2.45) is 0 Å². The van der Waals surface area contributed by atoms with Crippen molar-refractivity contribution in [3.8, 4) is 0 Å². The Balaban J connectivity index is 1.49.